The lowest BCUT2D eigenvalue weighted by Gasteiger charge is -2.44. The molecule has 0 heterocycles. The highest BCUT2D eigenvalue weighted by molar-refractivity contribution is 5.73. The fraction of sp³-hybridized carbons (Fsp3) is 0.909. The summed E-state index contributed by atoms with van der Waals surface area (Å²) in [7, 11) is 0. The Morgan fingerprint density at radius 1 is 1.29 bits per heavy atom. The highest BCUT2D eigenvalue weighted by Gasteiger charge is 2.46. The topological polar surface area (TPSA) is 46.5 Å². The number of carbonyl (C=O) groups excluding carboxylic acids is 1. The van der Waals surface area contributed by atoms with E-state index in [-0.39, 0.29) is 11.9 Å². The molecular weight excluding hydrogens is 180 g/mol. The van der Waals surface area contributed by atoms with E-state index in [1.54, 1.807) is 0 Å². The smallest absolute Gasteiger partial charge is 0.311 e. The Morgan fingerprint density at radius 3 is 2.36 bits per heavy atom. The van der Waals surface area contributed by atoms with Crippen molar-refractivity contribution in [1.82, 2.24) is 0 Å². The minimum absolute atomic E-state index is 0.186. The van der Waals surface area contributed by atoms with Crippen LogP contribution in [0.2, 0.25) is 0 Å². The number of fused-ring (bicyclic) bond motifs is 3. The van der Waals surface area contributed by atoms with Gasteiger partial charge in [0.25, 0.3) is 0 Å². The minimum atomic E-state index is -0.443. The van der Waals surface area contributed by atoms with Crippen LogP contribution in [0.25, 0.3) is 0 Å². The molecule has 0 amide bonds. The zero-order chi connectivity index (χ0) is 10.1. The molecule has 0 saturated heterocycles. The summed E-state index contributed by atoms with van der Waals surface area (Å²) in [5.41, 5.74) is 0. The van der Waals surface area contributed by atoms with E-state index in [1.165, 1.54) is 0 Å². The number of esters is 1. The second-order valence-electron chi connectivity index (χ2n) is 4.44. The highest BCUT2D eigenvalue weighted by atomic mass is 16.5. The molecule has 3 nitrogen and oxygen atoms in total. The summed E-state index contributed by atoms with van der Waals surface area (Å²) in [6, 6.07) is 0. The van der Waals surface area contributed by atoms with Crippen molar-refractivity contribution in [3.05, 3.63) is 0 Å². The lowest BCUT2D eigenvalue weighted by Crippen LogP contribution is -2.48. The van der Waals surface area contributed by atoms with E-state index in [1.807, 2.05) is 6.92 Å². The van der Waals surface area contributed by atoms with Crippen molar-refractivity contribution in [1.29, 1.82) is 0 Å². The number of aliphatic hydroxyl groups is 1. The van der Waals surface area contributed by atoms with Crippen LogP contribution in [0.3, 0.4) is 0 Å². The van der Waals surface area contributed by atoms with E-state index >= 15 is 0 Å². The van der Waals surface area contributed by atoms with Gasteiger partial charge in [-0.1, -0.05) is 0 Å². The zero-order valence-electron chi connectivity index (χ0n) is 8.61. The van der Waals surface area contributed by atoms with Crippen LogP contribution in [-0.2, 0) is 9.53 Å². The van der Waals surface area contributed by atoms with Crippen LogP contribution in [-0.4, -0.2) is 23.8 Å². The molecule has 3 rings (SSSR count). The van der Waals surface area contributed by atoms with Gasteiger partial charge < -0.3 is 9.84 Å². The molecule has 0 radical (unpaired) electrons. The summed E-state index contributed by atoms with van der Waals surface area (Å²) in [5.74, 6) is 0.292. The molecule has 0 aromatic carbocycles. The normalized spacial score (nSPS) is 41.0. The van der Waals surface area contributed by atoms with Crippen LogP contribution in [0, 0.1) is 17.8 Å². The molecule has 0 aromatic rings. The number of hydrogen-bond acceptors (Lipinski definition) is 3. The van der Waals surface area contributed by atoms with Gasteiger partial charge in [-0.25, -0.2) is 0 Å². The summed E-state index contributed by atoms with van der Waals surface area (Å²) in [5, 5.41) is 9.96. The van der Waals surface area contributed by atoms with Gasteiger partial charge in [-0.05, 0) is 44.4 Å². The van der Waals surface area contributed by atoms with Crippen LogP contribution in [0.4, 0.5) is 0 Å². The van der Waals surface area contributed by atoms with Crippen molar-refractivity contribution in [2.75, 3.05) is 6.61 Å². The largest absolute Gasteiger partial charge is 0.466 e. The van der Waals surface area contributed by atoms with E-state index in [0.29, 0.717) is 18.4 Å². The Kier molecular flexibility index (Phi) is 2.77. The molecule has 1 unspecified atom stereocenters. The Balaban J connectivity index is 2.06. The highest BCUT2D eigenvalue weighted by Crippen LogP contribution is 2.45. The quantitative estimate of drug-likeness (QED) is 0.681. The third-order valence-electron chi connectivity index (χ3n) is 3.73. The van der Waals surface area contributed by atoms with E-state index in [2.05, 4.69) is 0 Å². The molecule has 2 bridgehead atoms. The number of carbonyl (C=O) groups is 1. The standard InChI is InChI=1S/C11H18O3/c1-2-14-11(13)9-7-3-5-8(6-4-7)10(9)12/h7-10,12H,2-6H2,1H3/t7?,8?,9?,10-/m0/s1. The average Bonchev–Trinajstić information content (AvgIpc) is 2.19. The van der Waals surface area contributed by atoms with Crippen molar-refractivity contribution in [2.24, 2.45) is 17.8 Å². The first-order valence-corrected chi connectivity index (χ1v) is 5.58. The predicted molar refractivity (Wildman–Crippen MR) is 51.6 cm³/mol. The van der Waals surface area contributed by atoms with Crippen LogP contribution in [0.15, 0.2) is 0 Å². The Labute approximate surface area is 84.4 Å². The minimum Gasteiger partial charge on any atom is -0.466 e. The first-order chi connectivity index (χ1) is 6.74. The van der Waals surface area contributed by atoms with Crippen LogP contribution in [0.5, 0.6) is 0 Å². The summed E-state index contributed by atoms with van der Waals surface area (Å²) in [6.07, 6.45) is 3.90. The molecule has 1 N–H and O–H groups in total. The SMILES string of the molecule is CCOC(=O)C1C2CCC(CC2)[C@@H]1O. The van der Waals surface area contributed by atoms with Gasteiger partial charge in [0.05, 0.1) is 18.6 Å². The first kappa shape index (κ1) is 9.97. The van der Waals surface area contributed by atoms with Crippen LogP contribution < -0.4 is 0 Å². The van der Waals surface area contributed by atoms with E-state index < -0.39 is 6.10 Å². The fourth-order valence-electron chi connectivity index (χ4n) is 2.99. The Hall–Kier alpha value is -0.570. The summed E-state index contributed by atoms with van der Waals surface area (Å²) in [4.78, 5) is 11.6. The van der Waals surface area contributed by atoms with Gasteiger partial charge in [-0.2, -0.15) is 0 Å². The molecule has 3 fully saturated rings. The van der Waals surface area contributed by atoms with Crippen molar-refractivity contribution in [2.45, 2.75) is 38.7 Å². The molecule has 0 aromatic heterocycles. The van der Waals surface area contributed by atoms with Crippen LogP contribution >= 0.6 is 0 Å². The van der Waals surface area contributed by atoms with Crippen molar-refractivity contribution >= 4 is 5.97 Å². The molecule has 80 valence electrons. The maximum absolute atomic E-state index is 11.6. The van der Waals surface area contributed by atoms with Gasteiger partial charge in [0.2, 0.25) is 0 Å². The summed E-state index contributed by atoms with van der Waals surface area (Å²) >= 11 is 0. The maximum atomic E-state index is 11.6. The third kappa shape index (κ3) is 1.54. The molecular formula is C11H18O3. The van der Waals surface area contributed by atoms with Gasteiger partial charge >= 0.3 is 5.97 Å². The maximum Gasteiger partial charge on any atom is 0.311 e. The Bertz CT molecular complexity index is 217. The van der Waals surface area contributed by atoms with E-state index in [9.17, 15) is 9.90 Å². The summed E-state index contributed by atoms with van der Waals surface area (Å²) in [6.45, 7) is 2.23. The number of ether oxygens (including phenoxy) is 1. The monoisotopic (exact) mass is 198 g/mol. The molecule has 3 heteroatoms. The summed E-state index contributed by atoms with van der Waals surface area (Å²) < 4.78 is 5.01. The van der Waals surface area contributed by atoms with Gasteiger partial charge in [0, 0.05) is 0 Å². The second kappa shape index (κ2) is 3.89. The van der Waals surface area contributed by atoms with E-state index in [4.69, 9.17) is 4.74 Å². The molecule has 3 aliphatic rings. The zero-order valence-corrected chi connectivity index (χ0v) is 8.61. The fourth-order valence-corrected chi connectivity index (χ4v) is 2.99. The van der Waals surface area contributed by atoms with Crippen molar-refractivity contribution in [3.8, 4) is 0 Å². The van der Waals surface area contributed by atoms with Gasteiger partial charge in [-0.15, -0.1) is 0 Å². The molecule has 0 aliphatic heterocycles. The molecule has 0 spiro atoms. The lowest BCUT2D eigenvalue weighted by atomic mass is 9.63. The third-order valence-corrected chi connectivity index (χ3v) is 3.73. The van der Waals surface area contributed by atoms with Crippen LogP contribution in [0.1, 0.15) is 32.6 Å². The van der Waals surface area contributed by atoms with Crippen molar-refractivity contribution < 1.29 is 14.6 Å². The molecule has 2 atom stereocenters. The van der Waals surface area contributed by atoms with Gasteiger partial charge in [0.15, 0.2) is 0 Å². The number of rotatable bonds is 2. The first-order valence-electron chi connectivity index (χ1n) is 5.58. The van der Waals surface area contributed by atoms with Gasteiger partial charge in [-0.3, -0.25) is 4.79 Å². The number of aliphatic hydroxyl groups excluding tert-OH is 1. The van der Waals surface area contributed by atoms with E-state index in [0.717, 1.165) is 25.7 Å². The van der Waals surface area contributed by atoms with Crippen molar-refractivity contribution in [3.63, 3.8) is 0 Å². The number of hydrogen-bond donors (Lipinski definition) is 1. The second-order valence-corrected chi connectivity index (χ2v) is 4.44. The average molecular weight is 198 g/mol. The predicted octanol–water partition coefficient (Wildman–Crippen LogP) is 1.35. The van der Waals surface area contributed by atoms with Gasteiger partial charge in [0.1, 0.15) is 0 Å². The lowest BCUT2D eigenvalue weighted by molar-refractivity contribution is -0.164. The molecule has 3 aliphatic carbocycles. The molecule has 3 saturated carbocycles. The Morgan fingerprint density at radius 2 is 1.86 bits per heavy atom. The molecule has 14 heavy (non-hydrogen) atoms.